The number of carbonyl (C=O) groups is 1. The largest absolute Gasteiger partial charge is 0.459 e. The minimum atomic E-state index is -0.654. The van der Waals surface area contributed by atoms with Crippen LogP contribution in [0.25, 0.3) is 0 Å². The van der Waals surface area contributed by atoms with Gasteiger partial charge >= 0.3 is 5.97 Å². The fourth-order valence-electron chi connectivity index (χ4n) is 1.66. The molecule has 1 rings (SSSR count). The van der Waals surface area contributed by atoms with Crippen LogP contribution in [0.4, 0.5) is 10.1 Å². The molecule has 1 aromatic rings. The lowest BCUT2D eigenvalue weighted by atomic mass is 10.1. The molecule has 0 saturated heterocycles. The molecule has 3 nitrogen and oxygen atoms in total. The second kappa shape index (κ2) is 5.66. The van der Waals surface area contributed by atoms with Gasteiger partial charge in [0.25, 0.3) is 0 Å². The van der Waals surface area contributed by atoms with E-state index < -0.39 is 11.8 Å². The first-order valence-corrected chi connectivity index (χ1v) is 5.72. The summed E-state index contributed by atoms with van der Waals surface area (Å²) in [6, 6.07) is 2.80. The number of halogens is 1. The molecule has 0 fully saturated rings. The third kappa shape index (κ3) is 3.44. The van der Waals surface area contributed by atoms with Gasteiger partial charge in [-0.2, -0.15) is 0 Å². The highest BCUT2D eigenvalue weighted by atomic mass is 19.1. The van der Waals surface area contributed by atoms with E-state index in [4.69, 9.17) is 10.5 Å². The third-order valence-electron chi connectivity index (χ3n) is 2.50. The van der Waals surface area contributed by atoms with Crippen LogP contribution in [0.15, 0.2) is 12.1 Å². The number of nitrogen functional groups attached to an aromatic ring is 1. The van der Waals surface area contributed by atoms with Crippen LogP contribution in [0.1, 0.15) is 42.6 Å². The predicted octanol–water partition coefficient (Wildman–Crippen LogP) is 3.06. The second-order valence-corrected chi connectivity index (χ2v) is 4.20. The molecule has 0 saturated carbocycles. The van der Waals surface area contributed by atoms with Crippen molar-refractivity contribution in [1.82, 2.24) is 0 Å². The lowest BCUT2D eigenvalue weighted by Gasteiger charge is -2.13. The molecule has 1 unspecified atom stereocenters. The summed E-state index contributed by atoms with van der Waals surface area (Å²) in [7, 11) is 0. The van der Waals surface area contributed by atoms with Gasteiger partial charge in [-0.05, 0) is 38.0 Å². The Bertz CT molecular complexity index is 418. The van der Waals surface area contributed by atoms with E-state index in [0.29, 0.717) is 11.3 Å². The summed E-state index contributed by atoms with van der Waals surface area (Å²) in [5.74, 6) is -1.22. The molecule has 1 aromatic carbocycles. The minimum Gasteiger partial charge on any atom is -0.459 e. The van der Waals surface area contributed by atoms with Crippen LogP contribution in [0.2, 0.25) is 0 Å². The first-order valence-electron chi connectivity index (χ1n) is 5.72. The zero-order chi connectivity index (χ0) is 13.0. The number of anilines is 1. The van der Waals surface area contributed by atoms with E-state index in [2.05, 4.69) is 0 Å². The second-order valence-electron chi connectivity index (χ2n) is 4.20. The topological polar surface area (TPSA) is 52.3 Å². The number of hydrogen-bond donors (Lipinski definition) is 1. The standard InChI is InChI=1S/C13H18FNO2/c1-4-5-9(3)17-13(16)11-7-10(15)6-8(2)12(11)14/h6-7,9H,4-5,15H2,1-3H3. The number of carbonyl (C=O) groups excluding carboxylic acids is 1. The van der Waals surface area contributed by atoms with Gasteiger partial charge in [-0.1, -0.05) is 13.3 Å². The van der Waals surface area contributed by atoms with Crippen LogP contribution in [0.3, 0.4) is 0 Å². The molecule has 1 atom stereocenters. The van der Waals surface area contributed by atoms with Crippen LogP contribution in [0, 0.1) is 12.7 Å². The van der Waals surface area contributed by atoms with Crippen molar-refractivity contribution in [2.75, 3.05) is 5.73 Å². The molecule has 0 bridgehead atoms. The first-order chi connectivity index (χ1) is 7.95. The van der Waals surface area contributed by atoms with Gasteiger partial charge in [0.05, 0.1) is 11.7 Å². The van der Waals surface area contributed by atoms with E-state index in [1.165, 1.54) is 12.1 Å². The van der Waals surface area contributed by atoms with Crippen molar-refractivity contribution in [1.29, 1.82) is 0 Å². The Labute approximate surface area is 101 Å². The summed E-state index contributed by atoms with van der Waals surface area (Å²) in [6.07, 6.45) is 1.45. The number of benzene rings is 1. The zero-order valence-corrected chi connectivity index (χ0v) is 10.4. The van der Waals surface area contributed by atoms with Gasteiger partial charge < -0.3 is 10.5 Å². The Morgan fingerprint density at radius 3 is 2.76 bits per heavy atom. The van der Waals surface area contributed by atoms with Crippen LogP contribution in [-0.2, 0) is 4.74 Å². The highest BCUT2D eigenvalue weighted by Crippen LogP contribution is 2.19. The molecule has 0 radical (unpaired) electrons. The Balaban J connectivity index is 2.89. The molecule has 0 aliphatic rings. The Morgan fingerprint density at radius 2 is 2.18 bits per heavy atom. The molecular formula is C13H18FNO2. The summed E-state index contributed by atoms with van der Waals surface area (Å²) < 4.78 is 18.8. The summed E-state index contributed by atoms with van der Waals surface area (Å²) in [4.78, 5) is 11.7. The van der Waals surface area contributed by atoms with Gasteiger partial charge in [-0.3, -0.25) is 0 Å². The molecule has 0 aliphatic heterocycles. The lowest BCUT2D eigenvalue weighted by molar-refractivity contribution is 0.0318. The van der Waals surface area contributed by atoms with Gasteiger partial charge in [0.15, 0.2) is 0 Å². The summed E-state index contributed by atoms with van der Waals surface area (Å²) in [6.45, 7) is 5.35. The maximum Gasteiger partial charge on any atom is 0.341 e. The monoisotopic (exact) mass is 239 g/mol. The fourth-order valence-corrected chi connectivity index (χ4v) is 1.66. The number of rotatable bonds is 4. The van der Waals surface area contributed by atoms with Gasteiger partial charge in [0.1, 0.15) is 5.82 Å². The van der Waals surface area contributed by atoms with Crippen LogP contribution < -0.4 is 5.73 Å². The van der Waals surface area contributed by atoms with Crippen molar-refractivity contribution in [3.8, 4) is 0 Å². The maximum absolute atomic E-state index is 13.7. The maximum atomic E-state index is 13.7. The first kappa shape index (κ1) is 13.5. The molecule has 0 amide bonds. The molecule has 0 aromatic heterocycles. The summed E-state index contributed by atoms with van der Waals surface area (Å²) in [5, 5.41) is 0. The summed E-state index contributed by atoms with van der Waals surface area (Å²) >= 11 is 0. The predicted molar refractivity (Wildman–Crippen MR) is 65.3 cm³/mol. The zero-order valence-electron chi connectivity index (χ0n) is 10.4. The molecule has 2 N–H and O–H groups in total. The van der Waals surface area contributed by atoms with Gasteiger partial charge in [-0.25, -0.2) is 9.18 Å². The molecule has 17 heavy (non-hydrogen) atoms. The van der Waals surface area contributed by atoms with Crippen LogP contribution in [0.5, 0.6) is 0 Å². The average molecular weight is 239 g/mol. The van der Waals surface area contributed by atoms with Gasteiger partial charge in [0.2, 0.25) is 0 Å². The molecule has 4 heteroatoms. The van der Waals surface area contributed by atoms with E-state index >= 15 is 0 Å². The van der Waals surface area contributed by atoms with Crippen molar-refractivity contribution >= 4 is 11.7 Å². The quantitative estimate of drug-likeness (QED) is 0.649. The number of nitrogens with two attached hydrogens (primary N) is 1. The lowest BCUT2D eigenvalue weighted by Crippen LogP contribution is -2.16. The van der Waals surface area contributed by atoms with Gasteiger partial charge in [0, 0.05) is 5.69 Å². The van der Waals surface area contributed by atoms with Crippen LogP contribution in [-0.4, -0.2) is 12.1 Å². The Hall–Kier alpha value is -1.58. The van der Waals surface area contributed by atoms with Crippen LogP contribution >= 0.6 is 0 Å². The molecule has 0 heterocycles. The number of esters is 1. The fraction of sp³-hybridized carbons (Fsp3) is 0.462. The molecule has 0 aliphatic carbocycles. The summed E-state index contributed by atoms with van der Waals surface area (Å²) in [5.41, 5.74) is 6.20. The molecular weight excluding hydrogens is 221 g/mol. The van der Waals surface area contributed by atoms with E-state index in [0.717, 1.165) is 12.8 Å². The van der Waals surface area contributed by atoms with E-state index in [1.807, 2.05) is 6.92 Å². The van der Waals surface area contributed by atoms with Crippen molar-refractivity contribution in [2.24, 2.45) is 0 Å². The van der Waals surface area contributed by atoms with E-state index in [9.17, 15) is 9.18 Å². The SMILES string of the molecule is CCCC(C)OC(=O)c1cc(N)cc(C)c1F. The highest BCUT2D eigenvalue weighted by Gasteiger charge is 2.18. The van der Waals surface area contributed by atoms with E-state index in [-0.39, 0.29) is 11.7 Å². The minimum absolute atomic E-state index is 0.0922. The average Bonchev–Trinajstić information content (AvgIpc) is 2.23. The third-order valence-corrected chi connectivity index (χ3v) is 2.50. The molecule has 94 valence electrons. The van der Waals surface area contributed by atoms with Crippen molar-refractivity contribution in [3.05, 3.63) is 29.1 Å². The Morgan fingerprint density at radius 1 is 1.53 bits per heavy atom. The number of aryl methyl sites for hydroxylation is 1. The Kier molecular flexibility index (Phi) is 4.49. The van der Waals surface area contributed by atoms with Crippen molar-refractivity contribution in [2.45, 2.75) is 39.7 Å². The number of hydrogen-bond acceptors (Lipinski definition) is 3. The molecule has 0 spiro atoms. The van der Waals surface area contributed by atoms with Crippen molar-refractivity contribution < 1.29 is 13.9 Å². The number of ether oxygens (including phenoxy) is 1. The van der Waals surface area contributed by atoms with Crippen molar-refractivity contribution in [3.63, 3.8) is 0 Å². The normalized spacial score (nSPS) is 12.2. The van der Waals surface area contributed by atoms with E-state index in [1.54, 1.807) is 13.8 Å². The highest BCUT2D eigenvalue weighted by molar-refractivity contribution is 5.91. The smallest absolute Gasteiger partial charge is 0.341 e. The van der Waals surface area contributed by atoms with Gasteiger partial charge in [-0.15, -0.1) is 0 Å².